The Morgan fingerprint density at radius 3 is 1.09 bits per heavy atom. The molecule has 0 aliphatic carbocycles. The van der Waals surface area contributed by atoms with Crippen molar-refractivity contribution >= 4 is 35.3 Å². The van der Waals surface area contributed by atoms with E-state index in [1.807, 2.05) is 27.7 Å². The first kappa shape index (κ1) is 33.4. The number of esters is 2. The van der Waals surface area contributed by atoms with Crippen molar-refractivity contribution in [3.63, 3.8) is 0 Å². The number of carbonyl (C=O) groups is 6. The third-order valence-electron chi connectivity index (χ3n) is 4.95. The van der Waals surface area contributed by atoms with Gasteiger partial charge < -0.3 is 20.1 Å². The summed E-state index contributed by atoms with van der Waals surface area (Å²) in [5, 5.41) is 5.17. The molecule has 0 saturated carbocycles. The largest absolute Gasteiger partial charge is 0.469 e. The lowest BCUT2D eigenvalue weighted by Crippen LogP contribution is -2.39. The SMILES string of the molecule is COC(=O)CC(C)(C)CC(=O)NC(C)C(C)=O.COC(=O)CC(C)(C)CC(=O)NC(C)C(C)=O. The average Bonchev–Trinajstić information content (AvgIpc) is 2.65. The predicted molar refractivity (Wildman–Crippen MR) is 127 cm³/mol. The summed E-state index contributed by atoms with van der Waals surface area (Å²) in [4.78, 5) is 67.5. The van der Waals surface area contributed by atoms with Crippen LogP contribution in [-0.4, -0.2) is 61.6 Å². The van der Waals surface area contributed by atoms with E-state index in [4.69, 9.17) is 0 Å². The van der Waals surface area contributed by atoms with Crippen LogP contribution < -0.4 is 10.6 Å². The summed E-state index contributed by atoms with van der Waals surface area (Å²) < 4.78 is 9.12. The van der Waals surface area contributed by atoms with E-state index in [-0.39, 0.29) is 61.0 Å². The van der Waals surface area contributed by atoms with Gasteiger partial charge in [-0.1, -0.05) is 27.7 Å². The molecule has 0 rings (SSSR count). The molecule has 0 aromatic rings. The van der Waals surface area contributed by atoms with Crippen molar-refractivity contribution in [3.05, 3.63) is 0 Å². The molecule has 2 amide bonds. The number of ether oxygens (including phenoxy) is 2. The molecule has 2 N–H and O–H groups in total. The minimum absolute atomic E-state index is 0.0934. The normalized spacial score (nSPS) is 12.8. The van der Waals surface area contributed by atoms with Crippen LogP contribution >= 0.6 is 0 Å². The van der Waals surface area contributed by atoms with Crippen LogP contribution in [0.25, 0.3) is 0 Å². The highest BCUT2D eigenvalue weighted by atomic mass is 16.5. The molecular weight excluding hydrogens is 444 g/mol. The molecule has 10 heteroatoms. The Bertz CT molecular complexity index is 681. The highest BCUT2D eigenvalue weighted by Crippen LogP contribution is 2.26. The van der Waals surface area contributed by atoms with Gasteiger partial charge in [-0.25, -0.2) is 0 Å². The summed E-state index contributed by atoms with van der Waals surface area (Å²) in [6.07, 6.45) is 0.705. The zero-order valence-electron chi connectivity index (χ0n) is 22.2. The summed E-state index contributed by atoms with van der Waals surface area (Å²) in [5.41, 5.74) is -0.957. The summed E-state index contributed by atoms with van der Waals surface area (Å²) in [7, 11) is 2.63. The van der Waals surface area contributed by atoms with Crippen molar-refractivity contribution in [1.29, 1.82) is 0 Å². The van der Waals surface area contributed by atoms with Crippen molar-refractivity contribution in [3.8, 4) is 0 Å². The predicted octanol–water partition coefficient (Wildman–Crippen LogP) is 2.12. The lowest BCUT2D eigenvalue weighted by Gasteiger charge is -2.23. The summed E-state index contributed by atoms with van der Waals surface area (Å²) in [6, 6.07) is -0.979. The molecule has 196 valence electrons. The van der Waals surface area contributed by atoms with Gasteiger partial charge in [0.1, 0.15) is 0 Å². The number of hydrogen-bond acceptors (Lipinski definition) is 8. The van der Waals surface area contributed by atoms with Gasteiger partial charge in [0.15, 0.2) is 11.6 Å². The molecule has 0 heterocycles. The Morgan fingerprint density at radius 1 is 0.618 bits per heavy atom. The molecule has 0 spiro atoms. The van der Waals surface area contributed by atoms with E-state index in [1.54, 1.807) is 13.8 Å². The average molecular weight is 487 g/mol. The number of amides is 2. The minimum atomic E-state index is -0.489. The van der Waals surface area contributed by atoms with Crippen molar-refractivity contribution < 1.29 is 38.2 Å². The number of ketones is 2. The zero-order chi connectivity index (χ0) is 27.3. The van der Waals surface area contributed by atoms with Crippen molar-refractivity contribution in [1.82, 2.24) is 10.6 Å². The van der Waals surface area contributed by atoms with Crippen molar-refractivity contribution in [2.45, 2.75) is 93.2 Å². The number of hydrogen-bond donors (Lipinski definition) is 2. The molecule has 10 nitrogen and oxygen atoms in total. The molecule has 2 atom stereocenters. The van der Waals surface area contributed by atoms with E-state index in [9.17, 15) is 28.8 Å². The quantitative estimate of drug-likeness (QED) is 0.399. The van der Waals surface area contributed by atoms with E-state index in [0.717, 1.165) is 0 Å². The van der Waals surface area contributed by atoms with Crippen LogP contribution in [0.2, 0.25) is 0 Å². The van der Waals surface area contributed by atoms with E-state index in [2.05, 4.69) is 20.1 Å². The van der Waals surface area contributed by atoms with Gasteiger partial charge in [-0.3, -0.25) is 28.8 Å². The van der Waals surface area contributed by atoms with Crippen molar-refractivity contribution in [2.24, 2.45) is 10.8 Å². The Hall–Kier alpha value is -2.78. The molecule has 2 unspecified atom stereocenters. The molecule has 34 heavy (non-hydrogen) atoms. The van der Waals surface area contributed by atoms with Gasteiger partial charge in [0.2, 0.25) is 11.8 Å². The van der Waals surface area contributed by atoms with Gasteiger partial charge >= 0.3 is 11.9 Å². The Kier molecular flexibility index (Phi) is 14.9. The van der Waals surface area contributed by atoms with Gasteiger partial charge in [0, 0.05) is 12.8 Å². The van der Waals surface area contributed by atoms with Crippen LogP contribution in [0.4, 0.5) is 0 Å². The molecular formula is C24H42N2O8. The molecule has 0 aliphatic heterocycles. The first-order chi connectivity index (χ1) is 15.4. The molecule has 0 radical (unpaired) electrons. The van der Waals surface area contributed by atoms with Crippen molar-refractivity contribution in [2.75, 3.05) is 14.2 Å². The van der Waals surface area contributed by atoms with Gasteiger partial charge in [0.05, 0.1) is 39.1 Å². The maximum absolute atomic E-state index is 11.6. The first-order valence-corrected chi connectivity index (χ1v) is 11.1. The number of nitrogens with one attached hydrogen (secondary N) is 2. The van der Waals surface area contributed by atoms with E-state index in [0.29, 0.717) is 0 Å². The summed E-state index contributed by atoms with van der Waals surface area (Å²) in [5.74, 6) is -1.35. The van der Waals surface area contributed by atoms with Crippen LogP contribution in [0, 0.1) is 10.8 Å². The zero-order valence-corrected chi connectivity index (χ0v) is 22.2. The Balaban J connectivity index is 0. The van der Waals surface area contributed by atoms with Crippen LogP contribution in [0.3, 0.4) is 0 Å². The maximum atomic E-state index is 11.6. The Morgan fingerprint density at radius 2 is 0.882 bits per heavy atom. The fourth-order valence-electron chi connectivity index (χ4n) is 2.71. The lowest BCUT2D eigenvalue weighted by atomic mass is 9.85. The molecule has 0 bridgehead atoms. The third-order valence-corrected chi connectivity index (χ3v) is 4.95. The molecule has 0 fully saturated rings. The minimum Gasteiger partial charge on any atom is -0.469 e. The van der Waals surface area contributed by atoms with Gasteiger partial charge in [0.25, 0.3) is 0 Å². The van der Waals surface area contributed by atoms with Crippen LogP contribution in [0.15, 0.2) is 0 Å². The molecule has 0 aromatic carbocycles. The maximum Gasteiger partial charge on any atom is 0.306 e. The van der Waals surface area contributed by atoms with Gasteiger partial charge in [-0.15, -0.1) is 0 Å². The summed E-state index contributed by atoms with van der Waals surface area (Å²) in [6.45, 7) is 13.3. The van der Waals surface area contributed by atoms with Gasteiger partial charge in [-0.2, -0.15) is 0 Å². The second-order valence-corrected chi connectivity index (χ2v) is 9.99. The second kappa shape index (κ2) is 15.2. The van der Waals surface area contributed by atoms with Crippen LogP contribution in [0.5, 0.6) is 0 Å². The van der Waals surface area contributed by atoms with Gasteiger partial charge in [-0.05, 0) is 38.5 Å². The number of Topliss-reactive ketones (excluding diaryl/α,β-unsaturated/α-hetero) is 2. The molecule has 0 aliphatic rings. The topological polar surface area (TPSA) is 145 Å². The van der Waals surface area contributed by atoms with E-state index in [1.165, 1.54) is 28.1 Å². The smallest absolute Gasteiger partial charge is 0.306 e. The first-order valence-electron chi connectivity index (χ1n) is 11.1. The Labute approximate surface area is 202 Å². The highest BCUT2D eigenvalue weighted by Gasteiger charge is 2.27. The third kappa shape index (κ3) is 16.8. The lowest BCUT2D eigenvalue weighted by molar-refractivity contribution is -0.144. The number of carbonyl (C=O) groups excluding carboxylic acids is 6. The monoisotopic (exact) mass is 486 g/mol. The summed E-state index contributed by atoms with van der Waals surface area (Å²) >= 11 is 0. The fraction of sp³-hybridized carbons (Fsp3) is 0.750. The van der Waals surface area contributed by atoms with E-state index < -0.39 is 22.9 Å². The molecule has 0 aromatic heterocycles. The fourth-order valence-corrected chi connectivity index (χ4v) is 2.71. The standard InChI is InChI=1S/2C12H21NO4/c2*1-8(9(2)14)13-10(15)6-12(3,4)7-11(16)17-5/h2*8H,6-7H2,1-5H3,(H,13,15). The van der Waals surface area contributed by atoms with Crippen LogP contribution in [0.1, 0.15) is 81.1 Å². The highest BCUT2D eigenvalue weighted by molar-refractivity contribution is 5.88. The molecule has 0 saturated heterocycles. The number of methoxy groups -OCH3 is 2. The van der Waals surface area contributed by atoms with E-state index >= 15 is 0 Å². The number of rotatable bonds is 12. The van der Waals surface area contributed by atoms with Crippen LogP contribution in [-0.2, 0) is 38.2 Å². The second-order valence-electron chi connectivity index (χ2n) is 9.99.